The van der Waals surface area contributed by atoms with Gasteiger partial charge < -0.3 is 39.4 Å². The fourth-order valence-electron chi connectivity index (χ4n) is 5.62. The Labute approximate surface area is 340 Å². The van der Waals surface area contributed by atoms with Crippen LogP contribution >= 0.6 is 17.0 Å². The van der Waals surface area contributed by atoms with E-state index in [0.717, 1.165) is 28.5 Å². The van der Waals surface area contributed by atoms with E-state index in [0.29, 0.717) is 31.4 Å². The van der Waals surface area contributed by atoms with Crippen LogP contribution in [0.1, 0.15) is 100 Å². The van der Waals surface area contributed by atoms with Crippen molar-refractivity contribution >= 4 is 53.9 Å². The number of aromatic carboxylic acids is 1. The summed E-state index contributed by atoms with van der Waals surface area (Å²) in [5.41, 5.74) is 8.20. The molecule has 5 N–H and O–H groups in total. The minimum Gasteiger partial charge on any atom is -0.478 e. The predicted molar refractivity (Wildman–Crippen MR) is 226 cm³/mol. The van der Waals surface area contributed by atoms with Crippen molar-refractivity contribution in [1.82, 2.24) is 9.97 Å². The van der Waals surface area contributed by atoms with Gasteiger partial charge in [-0.25, -0.2) is 4.79 Å². The van der Waals surface area contributed by atoms with Gasteiger partial charge in [0.15, 0.2) is 5.78 Å². The number of pyridine rings is 2. The molecule has 0 unspecified atom stereocenters. The lowest BCUT2D eigenvalue weighted by molar-refractivity contribution is 0.00578. The van der Waals surface area contributed by atoms with Crippen LogP contribution in [0.3, 0.4) is 0 Å². The van der Waals surface area contributed by atoms with E-state index in [-0.39, 0.29) is 61.9 Å². The van der Waals surface area contributed by atoms with Crippen LogP contribution in [0.2, 0.25) is 0 Å². The Kier molecular flexibility index (Phi) is 16.0. The van der Waals surface area contributed by atoms with Crippen LogP contribution in [-0.2, 0) is 31.5 Å². The number of rotatable bonds is 10. The first kappa shape index (κ1) is 46.3. The number of benzene rings is 2. The molecule has 6 rings (SSSR count). The molecule has 4 aromatic rings. The van der Waals surface area contributed by atoms with Crippen LogP contribution < -0.4 is 27.8 Å². The zero-order valence-corrected chi connectivity index (χ0v) is 35.2. The third-order valence-electron chi connectivity index (χ3n) is 10.4. The van der Waals surface area contributed by atoms with Gasteiger partial charge in [-0.05, 0) is 128 Å². The van der Waals surface area contributed by atoms with E-state index in [2.05, 4.69) is 9.97 Å². The van der Waals surface area contributed by atoms with Crippen LogP contribution in [0, 0.1) is 0 Å². The largest absolute Gasteiger partial charge is 0.494 e. The molecule has 15 heteroatoms. The van der Waals surface area contributed by atoms with Gasteiger partial charge in [0.1, 0.15) is 0 Å². The summed E-state index contributed by atoms with van der Waals surface area (Å²) < 4.78 is 23.8. The number of aromatic nitrogens is 2. The van der Waals surface area contributed by atoms with E-state index in [1.165, 1.54) is 0 Å². The number of hydrogen-bond donors (Lipinski definition) is 4. The lowest BCUT2D eigenvalue weighted by Crippen LogP contribution is -2.41. The molecule has 12 nitrogen and oxygen atoms in total. The average molecular weight is 834 g/mol. The zero-order valence-electron chi connectivity index (χ0n) is 33.5. The summed E-state index contributed by atoms with van der Waals surface area (Å²) in [5, 5.41) is 8.84. The molecule has 2 saturated heterocycles. The first-order chi connectivity index (χ1) is 25.7. The second-order valence-corrected chi connectivity index (χ2v) is 15.7. The minimum absolute atomic E-state index is 0. The number of aromatic amines is 2. The normalized spacial score (nSPS) is 17.1. The standard InChI is InChI=1S/C21H26BNO4.C13H17BO4.C7H10N2O.BrH/c1-20(2)21(3,4)27-22(26-20)17-10-8-16(9-11-17)18(24)7-5-6-15-12-13-23-19(25)14-15;1-12(2)13(3,4)18-14(17-12)10-7-5-9(6-8-10)11(15)16;8-3-1-6-2-4-9-7(10)5-6;/h8-14H,5-7H2,1-4H3,(H,23,25);5-8H,1-4H3,(H,15,16);2,4-5H,1,3,8H2,(H,9,10);1H. The number of H-pyrrole nitrogens is 2. The Morgan fingerprint density at radius 1 is 0.625 bits per heavy atom. The summed E-state index contributed by atoms with van der Waals surface area (Å²) in [6, 6.07) is 20.9. The summed E-state index contributed by atoms with van der Waals surface area (Å²) in [6.07, 6.45) is 5.90. The molecule has 2 aromatic carbocycles. The summed E-state index contributed by atoms with van der Waals surface area (Å²) >= 11 is 0. The SMILES string of the molecule is Br.CC1(C)OB(c2ccc(C(=O)CCCc3cc[nH]c(=O)c3)cc2)OC1(C)C.CC1(C)OB(c2ccc(C(=O)O)cc2)OC1(C)C.NCCc1cc[nH]c(=O)c1. The number of hydrogen-bond acceptors (Lipinski definition) is 9. The van der Waals surface area contributed by atoms with E-state index in [1.54, 1.807) is 48.8 Å². The maximum Gasteiger partial charge on any atom is 0.494 e. The number of nitrogens with one attached hydrogen (secondary N) is 2. The molecule has 56 heavy (non-hydrogen) atoms. The molecule has 0 saturated carbocycles. The van der Waals surface area contributed by atoms with Crippen LogP contribution in [0.5, 0.6) is 0 Å². The average Bonchev–Trinajstić information content (AvgIpc) is 3.48. The maximum atomic E-state index is 12.4. The molecule has 2 fully saturated rings. The number of nitrogens with two attached hydrogens (primary N) is 1. The predicted octanol–water partition coefficient (Wildman–Crippen LogP) is 5.02. The van der Waals surface area contributed by atoms with Crippen molar-refractivity contribution in [3.05, 3.63) is 128 Å². The van der Waals surface area contributed by atoms with Gasteiger partial charge in [0.05, 0.1) is 28.0 Å². The van der Waals surface area contributed by atoms with Crippen molar-refractivity contribution in [3.63, 3.8) is 0 Å². The van der Waals surface area contributed by atoms with Gasteiger partial charge in [-0.3, -0.25) is 14.4 Å². The van der Waals surface area contributed by atoms with Gasteiger partial charge in [-0.15, -0.1) is 17.0 Å². The number of carboxylic acids is 1. The van der Waals surface area contributed by atoms with E-state index in [4.69, 9.17) is 29.5 Å². The van der Waals surface area contributed by atoms with Crippen LogP contribution in [-0.4, -0.2) is 70.0 Å². The molecule has 0 aliphatic carbocycles. The highest BCUT2D eigenvalue weighted by molar-refractivity contribution is 8.93. The number of halogens is 1. The summed E-state index contributed by atoms with van der Waals surface area (Å²) in [4.78, 5) is 50.3. The smallest absolute Gasteiger partial charge is 0.478 e. The highest BCUT2D eigenvalue weighted by Crippen LogP contribution is 2.37. The Balaban J connectivity index is 0.000000249. The molecule has 0 atom stereocenters. The van der Waals surface area contributed by atoms with Gasteiger partial charge in [0.2, 0.25) is 11.1 Å². The van der Waals surface area contributed by atoms with Gasteiger partial charge in [0.25, 0.3) is 0 Å². The zero-order chi connectivity index (χ0) is 40.6. The molecule has 4 heterocycles. The molecule has 0 amide bonds. The fraction of sp³-hybridized carbons (Fsp3) is 0.415. The van der Waals surface area contributed by atoms with E-state index in [9.17, 15) is 19.2 Å². The summed E-state index contributed by atoms with van der Waals surface area (Å²) in [7, 11) is -0.867. The molecule has 0 radical (unpaired) electrons. The highest BCUT2D eigenvalue weighted by Gasteiger charge is 2.52. The number of Topliss-reactive ketones (excluding diaryl/α,β-unsaturated/α-hetero) is 1. The second-order valence-electron chi connectivity index (χ2n) is 15.7. The first-order valence-corrected chi connectivity index (χ1v) is 18.5. The minimum atomic E-state index is -0.935. The fourth-order valence-corrected chi connectivity index (χ4v) is 5.62. The third kappa shape index (κ3) is 12.2. The number of aryl methyl sites for hydroxylation is 1. The van der Waals surface area contributed by atoms with Crippen molar-refractivity contribution in [2.24, 2.45) is 5.73 Å². The third-order valence-corrected chi connectivity index (χ3v) is 10.4. The van der Waals surface area contributed by atoms with Gasteiger partial charge in [-0.2, -0.15) is 0 Å². The molecular formula is C41H54B2BrN3O9. The molecule has 2 aliphatic heterocycles. The lowest BCUT2D eigenvalue weighted by Gasteiger charge is -2.32. The Hall–Kier alpha value is -4.11. The first-order valence-electron chi connectivity index (χ1n) is 18.5. The van der Waals surface area contributed by atoms with E-state index < -0.39 is 20.2 Å². The van der Waals surface area contributed by atoms with Gasteiger partial charge >= 0.3 is 20.2 Å². The van der Waals surface area contributed by atoms with Crippen molar-refractivity contribution in [1.29, 1.82) is 0 Å². The number of carboxylic acid groups (broad SMARTS) is 1. The molecule has 0 spiro atoms. The molecule has 2 aliphatic rings. The molecule has 300 valence electrons. The number of carbonyl (C=O) groups is 2. The Bertz CT molecular complexity index is 2000. The van der Waals surface area contributed by atoms with Crippen LogP contribution in [0.4, 0.5) is 0 Å². The van der Waals surface area contributed by atoms with Crippen molar-refractivity contribution < 1.29 is 33.3 Å². The second kappa shape index (κ2) is 19.4. The lowest BCUT2D eigenvalue weighted by atomic mass is 9.78. The monoisotopic (exact) mass is 833 g/mol. The van der Waals surface area contributed by atoms with Crippen molar-refractivity contribution in [2.75, 3.05) is 6.54 Å². The number of ketones is 1. The molecular weight excluding hydrogens is 780 g/mol. The van der Waals surface area contributed by atoms with Crippen molar-refractivity contribution in [2.45, 2.75) is 103 Å². The summed E-state index contributed by atoms with van der Waals surface area (Å²) in [5.74, 6) is -0.837. The van der Waals surface area contributed by atoms with E-state index in [1.807, 2.05) is 91.8 Å². The van der Waals surface area contributed by atoms with Gasteiger partial charge in [-0.1, -0.05) is 36.4 Å². The van der Waals surface area contributed by atoms with Crippen molar-refractivity contribution in [3.8, 4) is 0 Å². The Morgan fingerprint density at radius 2 is 1.00 bits per heavy atom. The van der Waals surface area contributed by atoms with Crippen LogP contribution in [0.15, 0.2) is 94.8 Å². The van der Waals surface area contributed by atoms with Gasteiger partial charge in [0, 0.05) is 36.5 Å². The molecule has 2 aromatic heterocycles. The summed E-state index contributed by atoms with van der Waals surface area (Å²) in [6.45, 7) is 16.6. The molecule has 0 bridgehead atoms. The Morgan fingerprint density at radius 3 is 1.36 bits per heavy atom. The quantitative estimate of drug-likeness (QED) is 0.125. The maximum absolute atomic E-state index is 12.4. The topological polar surface area (TPSA) is 183 Å². The van der Waals surface area contributed by atoms with E-state index >= 15 is 0 Å². The number of carbonyl (C=O) groups excluding carboxylic acids is 1. The van der Waals surface area contributed by atoms with Crippen LogP contribution in [0.25, 0.3) is 0 Å². The highest BCUT2D eigenvalue weighted by atomic mass is 79.9.